The molecule has 0 bridgehead atoms. The van der Waals surface area contributed by atoms with Gasteiger partial charge in [-0.1, -0.05) is 36.4 Å². The summed E-state index contributed by atoms with van der Waals surface area (Å²) < 4.78 is 6.97. The Hall–Kier alpha value is -3.72. The quantitative estimate of drug-likeness (QED) is 0.370. The molecular formula is C26H29N5O3S. The predicted octanol–water partition coefficient (Wildman–Crippen LogP) is 4.58. The monoisotopic (exact) mass is 491 g/mol. The zero-order valence-corrected chi connectivity index (χ0v) is 21.1. The van der Waals surface area contributed by atoms with Crippen molar-refractivity contribution in [2.24, 2.45) is 0 Å². The number of anilines is 1. The summed E-state index contributed by atoms with van der Waals surface area (Å²) in [6.07, 6.45) is 0.744. The summed E-state index contributed by atoms with van der Waals surface area (Å²) in [6, 6.07) is 17.5. The van der Waals surface area contributed by atoms with E-state index >= 15 is 0 Å². The van der Waals surface area contributed by atoms with Crippen molar-refractivity contribution in [2.45, 2.75) is 45.3 Å². The molecule has 1 N–H and O–H groups in total. The van der Waals surface area contributed by atoms with Crippen LogP contribution in [0.5, 0.6) is 5.75 Å². The Balaban J connectivity index is 1.79. The topological polar surface area (TPSA) is 89.4 Å². The van der Waals surface area contributed by atoms with Gasteiger partial charge in [-0.2, -0.15) is 0 Å². The number of ether oxygens (including phenoxy) is 1. The summed E-state index contributed by atoms with van der Waals surface area (Å²) in [5.41, 5.74) is 1.57. The molecule has 1 unspecified atom stereocenters. The highest BCUT2D eigenvalue weighted by Gasteiger charge is 2.36. The predicted molar refractivity (Wildman–Crippen MR) is 138 cm³/mol. The molecule has 35 heavy (non-hydrogen) atoms. The average molecular weight is 492 g/mol. The van der Waals surface area contributed by atoms with Crippen LogP contribution in [-0.2, 0) is 16.1 Å². The zero-order chi connectivity index (χ0) is 25.0. The summed E-state index contributed by atoms with van der Waals surface area (Å²) in [7, 11) is 1.57. The van der Waals surface area contributed by atoms with Crippen molar-refractivity contribution in [1.82, 2.24) is 20.3 Å². The zero-order valence-electron chi connectivity index (χ0n) is 20.3. The van der Waals surface area contributed by atoms with Crippen LogP contribution in [0.3, 0.4) is 0 Å². The number of thiophene rings is 1. The molecule has 0 saturated carbocycles. The number of para-hydroxylation sites is 1. The molecule has 0 aliphatic carbocycles. The number of nitrogens with one attached hydrogen (secondary N) is 1. The smallest absolute Gasteiger partial charge is 0.249 e. The van der Waals surface area contributed by atoms with E-state index in [0.29, 0.717) is 17.0 Å². The fourth-order valence-corrected chi connectivity index (χ4v) is 4.56. The Morgan fingerprint density at radius 1 is 1.14 bits per heavy atom. The normalized spacial score (nSPS) is 12.3. The van der Waals surface area contributed by atoms with E-state index < -0.39 is 11.6 Å². The first-order valence-electron chi connectivity index (χ1n) is 11.4. The summed E-state index contributed by atoms with van der Waals surface area (Å²) in [4.78, 5) is 30.0. The van der Waals surface area contributed by atoms with Crippen LogP contribution < -0.4 is 15.0 Å². The van der Waals surface area contributed by atoms with Gasteiger partial charge in [-0.3, -0.25) is 14.5 Å². The van der Waals surface area contributed by atoms with Crippen molar-refractivity contribution < 1.29 is 14.3 Å². The fraction of sp³-hybridized carbons (Fsp3) is 0.308. The van der Waals surface area contributed by atoms with Crippen LogP contribution in [0.25, 0.3) is 11.0 Å². The highest BCUT2D eigenvalue weighted by molar-refractivity contribution is 7.10. The lowest BCUT2D eigenvalue weighted by molar-refractivity contribution is -0.128. The first-order chi connectivity index (χ1) is 16.8. The van der Waals surface area contributed by atoms with Crippen LogP contribution in [0.4, 0.5) is 5.69 Å². The molecule has 2 aromatic carbocycles. The van der Waals surface area contributed by atoms with Crippen LogP contribution in [0, 0.1) is 0 Å². The van der Waals surface area contributed by atoms with Gasteiger partial charge in [0.25, 0.3) is 0 Å². The second-order valence-corrected chi connectivity index (χ2v) is 9.82. The van der Waals surface area contributed by atoms with E-state index in [0.717, 1.165) is 16.8 Å². The molecule has 0 radical (unpaired) electrons. The van der Waals surface area contributed by atoms with Gasteiger partial charge in [-0.05, 0) is 56.0 Å². The van der Waals surface area contributed by atoms with Gasteiger partial charge in [0.2, 0.25) is 11.8 Å². The number of benzene rings is 2. The molecule has 0 aliphatic heterocycles. The highest BCUT2D eigenvalue weighted by Crippen LogP contribution is 2.33. The molecule has 0 aliphatic rings. The Kier molecular flexibility index (Phi) is 7.16. The maximum absolute atomic E-state index is 14.0. The lowest BCUT2D eigenvalue weighted by atomic mass is 10.0. The first kappa shape index (κ1) is 24.4. The number of fused-ring (bicyclic) bond motifs is 1. The summed E-state index contributed by atoms with van der Waals surface area (Å²) >= 11 is 1.43. The molecule has 4 rings (SSSR count). The van der Waals surface area contributed by atoms with E-state index in [1.165, 1.54) is 16.2 Å². The van der Waals surface area contributed by atoms with Crippen molar-refractivity contribution in [3.63, 3.8) is 0 Å². The largest absolute Gasteiger partial charge is 0.497 e. The van der Waals surface area contributed by atoms with E-state index in [4.69, 9.17) is 4.74 Å². The molecule has 2 amide bonds. The number of rotatable bonds is 9. The van der Waals surface area contributed by atoms with Gasteiger partial charge in [-0.25, -0.2) is 4.68 Å². The minimum Gasteiger partial charge on any atom is -0.497 e. The molecule has 4 aromatic rings. The molecule has 0 fully saturated rings. The number of carbonyl (C=O) groups is 2. The van der Waals surface area contributed by atoms with Crippen molar-refractivity contribution in [1.29, 1.82) is 0 Å². The van der Waals surface area contributed by atoms with Gasteiger partial charge in [0.05, 0.1) is 12.6 Å². The number of aromatic nitrogens is 3. The lowest BCUT2D eigenvalue weighted by Crippen LogP contribution is -2.50. The third-order valence-corrected chi connectivity index (χ3v) is 6.89. The maximum Gasteiger partial charge on any atom is 0.249 e. The van der Waals surface area contributed by atoms with Crippen LogP contribution in [-0.4, -0.2) is 39.5 Å². The number of hydrogen-bond donors (Lipinski definition) is 1. The summed E-state index contributed by atoms with van der Waals surface area (Å²) in [5.74, 6) is 0.0430. The second kappa shape index (κ2) is 10.3. The van der Waals surface area contributed by atoms with Gasteiger partial charge in [0, 0.05) is 22.2 Å². The Morgan fingerprint density at radius 2 is 1.94 bits per heavy atom. The third kappa shape index (κ3) is 5.35. The number of carbonyl (C=O) groups excluding carboxylic acids is 2. The number of nitrogens with zero attached hydrogens (tertiary/aromatic N) is 4. The standard InChI is InChI=1S/C26H29N5O3S/c1-5-26(2,3)27-25(33)24(22-14-9-15-35-22)31(18-10-8-11-19(16-18)34-4)23(32)17-30-21-13-7-6-12-20(21)28-29-30/h6-16,24H,5,17H2,1-4H3,(H,27,33). The minimum atomic E-state index is -0.866. The number of amides is 2. The molecule has 8 nitrogen and oxygen atoms in total. The van der Waals surface area contributed by atoms with Gasteiger partial charge in [0.1, 0.15) is 23.9 Å². The molecule has 0 spiro atoms. The van der Waals surface area contributed by atoms with Crippen molar-refractivity contribution in [3.05, 3.63) is 70.9 Å². The first-order valence-corrected chi connectivity index (χ1v) is 12.3. The van der Waals surface area contributed by atoms with Crippen molar-refractivity contribution >= 4 is 39.9 Å². The van der Waals surface area contributed by atoms with Crippen molar-refractivity contribution in [3.8, 4) is 5.75 Å². The van der Waals surface area contributed by atoms with E-state index in [9.17, 15) is 9.59 Å². The molecule has 2 aromatic heterocycles. The minimum absolute atomic E-state index is 0.0793. The Labute approximate surface area is 208 Å². The molecule has 0 saturated heterocycles. The van der Waals surface area contributed by atoms with Crippen LogP contribution in [0.15, 0.2) is 66.0 Å². The van der Waals surface area contributed by atoms with Crippen LogP contribution in [0.2, 0.25) is 0 Å². The molecular weight excluding hydrogens is 462 g/mol. The lowest BCUT2D eigenvalue weighted by Gasteiger charge is -2.34. The maximum atomic E-state index is 14.0. The number of methoxy groups -OCH3 is 1. The molecule has 1 atom stereocenters. The van der Waals surface area contributed by atoms with E-state index in [2.05, 4.69) is 15.6 Å². The molecule has 9 heteroatoms. The van der Waals surface area contributed by atoms with E-state index in [-0.39, 0.29) is 18.4 Å². The average Bonchev–Trinajstić information content (AvgIpc) is 3.52. The Morgan fingerprint density at radius 3 is 2.66 bits per heavy atom. The van der Waals surface area contributed by atoms with Gasteiger partial charge in [-0.15, -0.1) is 16.4 Å². The summed E-state index contributed by atoms with van der Waals surface area (Å²) in [5, 5.41) is 13.4. The SMILES string of the molecule is CCC(C)(C)NC(=O)C(c1cccs1)N(C(=O)Cn1nnc2ccccc21)c1cccc(OC)c1. The van der Waals surface area contributed by atoms with E-state index in [1.807, 2.05) is 62.5 Å². The van der Waals surface area contributed by atoms with Crippen LogP contribution in [0.1, 0.15) is 38.1 Å². The Bertz CT molecular complexity index is 1320. The van der Waals surface area contributed by atoms with Gasteiger partial charge >= 0.3 is 0 Å². The highest BCUT2D eigenvalue weighted by atomic mass is 32.1. The van der Waals surface area contributed by atoms with Crippen molar-refractivity contribution in [2.75, 3.05) is 12.0 Å². The molecule has 182 valence electrons. The van der Waals surface area contributed by atoms with Crippen LogP contribution >= 0.6 is 11.3 Å². The second-order valence-electron chi connectivity index (χ2n) is 8.85. The molecule has 2 heterocycles. The van der Waals surface area contributed by atoms with Gasteiger partial charge in [0.15, 0.2) is 0 Å². The number of hydrogen-bond acceptors (Lipinski definition) is 6. The fourth-order valence-electron chi connectivity index (χ4n) is 3.75. The van der Waals surface area contributed by atoms with E-state index in [1.54, 1.807) is 36.1 Å². The summed E-state index contributed by atoms with van der Waals surface area (Å²) in [6.45, 7) is 5.87. The van der Waals surface area contributed by atoms with Gasteiger partial charge < -0.3 is 10.1 Å². The third-order valence-electron chi connectivity index (χ3n) is 5.97.